The summed E-state index contributed by atoms with van der Waals surface area (Å²) in [5, 5.41) is 12.1. The molecule has 3 aromatic rings. The van der Waals surface area contributed by atoms with E-state index >= 15 is 0 Å². The van der Waals surface area contributed by atoms with Crippen molar-refractivity contribution in [3.8, 4) is 17.1 Å². The van der Waals surface area contributed by atoms with Crippen molar-refractivity contribution in [2.75, 3.05) is 12.4 Å². The largest absolute Gasteiger partial charge is 0.497 e. The fourth-order valence-electron chi connectivity index (χ4n) is 2.74. The van der Waals surface area contributed by atoms with E-state index in [1.54, 1.807) is 7.11 Å². The van der Waals surface area contributed by atoms with Gasteiger partial charge in [-0.25, -0.2) is 0 Å². The molecule has 2 aromatic carbocycles. The van der Waals surface area contributed by atoms with Crippen molar-refractivity contribution >= 4 is 23.4 Å². The molecule has 0 spiro atoms. The molecule has 1 heterocycles. The number of thioether (sulfide) groups is 1. The molecule has 7 heteroatoms. The molecule has 1 N–H and O–H groups in total. The van der Waals surface area contributed by atoms with Crippen LogP contribution in [0.3, 0.4) is 0 Å². The van der Waals surface area contributed by atoms with Crippen molar-refractivity contribution in [2.45, 2.75) is 37.2 Å². The average molecular weight is 397 g/mol. The van der Waals surface area contributed by atoms with E-state index in [-0.39, 0.29) is 17.2 Å². The van der Waals surface area contributed by atoms with Gasteiger partial charge in [-0.15, -0.1) is 10.2 Å². The van der Waals surface area contributed by atoms with Crippen molar-refractivity contribution in [1.29, 1.82) is 0 Å². The van der Waals surface area contributed by atoms with Gasteiger partial charge < -0.3 is 10.1 Å². The average Bonchev–Trinajstić information content (AvgIpc) is 3.12. The summed E-state index contributed by atoms with van der Waals surface area (Å²) in [7, 11) is 1.64. The number of anilines is 1. The number of amides is 1. The SMILES string of the molecule is COc1ccc(-c2nnc(S[C@H](C)C(=O)Nc3ccccc3)n2C(C)C)cc1. The molecule has 0 unspecified atom stereocenters. The summed E-state index contributed by atoms with van der Waals surface area (Å²) in [5.74, 6) is 1.50. The van der Waals surface area contributed by atoms with Crippen molar-refractivity contribution < 1.29 is 9.53 Å². The molecule has 6 nitrogen and oxygen atoms in total. The van der Waals surface area contributed by atoms with Crippen LogP contribution in [0.4, 0.5) is 5.69 Å². The Bertz CT molecular complexity index is 923. The number of para-hydroxylation sites is 1. The lowest BCUT2D eigenvalue weighted by Gasteiger charge is -2.16. The van der Waals surface area contributed by atoms with Gasteiger partial charge in [-0.1, -0.05) is 30.0 Å². The molecule has 1 amide bonds. The molecule has 0 bridgehead atoms. The van der Waals surface area contributed by atoms with Gasteiger partial charge in [0.2, 0.25) is 5.91 Å². The molecule has 1 atom stereocenters. The van der Waals surface area contributed by atoms with Crippen molar-refractivity contribution in [1.82, 2.24) is 14.8 Å². The van der Waals surface area contributed by atoms with Gasteiger partial charge in [-0.3, -0.25) is 9.36 Å². The number of ether oxygens (including phenoxy) is 1. The third kappa shape index (κ3) is 4.54. The van der Waals surface area contributed by atoms with Gasteiger partial charge in [0.05, 0.1) is 12.4 Å². The molecule has 1 aromatic heterocycles. The number of nitrogens with one attached hydrogen (secondary N) is 1. The third-order valence-electron chi connectivity index (χ3n) is 4.22. The number of aromatic nitrogens is 3. The smallest absolute Gasteiger partial charge is 0.237 e. The van der Waals surface area contributed by atoms with Gasteiger partial charge in [0.1, 0.15) is 5.75 Å². The first-order chi connectivity index (χ1) is 13.5. The second-order valence-corrected chi connectivity index (χ2v) is 7.92. The summed E-state index contributed by atoms with van der Waals surface area (Å²) < 4.78 is 7.28. The molecule has 3 rings (SSSR count). The maximum Gasteiger partial charge on any atom is 0.237 e. The molecule has 0 saturated carbocycles. The predicted octanol–water partition coefficient (Wildman–Crippen LogP) is 4.65. The van der Waals surface area contributed by atoms with Crippen LogP contribution in [0, 0.1) is 0 Å². The molecule has 0 fully saturated rings. The lowest BCUT2D eigenvalue weighted by molar-refractivity contribution is -0.115. The molecule has 0 aliphatic carbocycles. The Morgan fingerprint density at radius 3 is 2.32 bits per heavy atom. The summed E-state index contributed by atoms with van der Waals surface area (Å²) >= 11 is 1.40. The van der Waals surface area contributed by atoms with Gasteiger partial charge in [-0.2, -0.15) is 0 Å². The van der Waals surface area contributed by atoms with E-state index < -0.39 is 0 Å². The molecule has 0 aliphatic rings. The fraction of sp³-hybridized carbons (Fsp3) is 0.286. The van der Waals surface area contributed by atoms with Crippen LogP contribution >= 0.6 is 11.8 Å². The van der Waals surface area contributed by atoms with Gasteiger partial charge >= 0.3 is 0 Å². The number of hydrogen-bond donors (Lipinski definition) is 1. The summed E-state index contributed by atoms with van der Waals surface area (Å²) in [6, 6.07) is 17.3. The second-order valence-electron chi connectivity index (χ2n) is 6.61. The number of methoxy groups -OCH3 is 1. The number of benzene rings is 2. The predicted molar refractivity (Wildman–Crippen MR) is 113 cm³/mol. The normalized spacial score (nSPS) is 12.0. The van der Waals surface area contributed by atoms with Gasteiger partial charge in [0, 0.05) is 17.3 Å². The van der Waals surface area contributed by atoms with Crippen LogP contribution in [0.1, 0.15) is 26.8 Å². The van der Waals surface area contributed by atoms with Crippen LogP contribution in [0.25, 0.3) is 11.4 Å². The van der Waals surface area contributed by atoms with Crippen LogP contribution in [0.5, 0.6) is 5.75 Å². The minimum absolute atomic E-state index is 0.0690. The maximum absolute atomic E-state index is 12.5. The Morgan fingerprint density at radius 1 is 1.04 bits per heavy atom. The van der Waals surface area contributed by atoms with Gasteiger partial charge in [0.15, 0.2) is 11.0 Å². The third-order valence-corrected chi connectivity index (χ3v) is 5.28. The van der Waals surface area contributed by atoms with Crippen molar-refractivity contribution in [3.05, 3.63) is 54.6 Å². The Morgan fingerprint density at radius 2 is 1.71 bits per heavy atom. The zero-order valence-corrected chi connectivity index (χ0v) is 17.2. The summed E-state index contributed by atoms with van der Waals surface area (Å²) in [6.07, 6.45) is 0. The maximum atomic E-state index is 12.5. The van der Waals surface area contributed by atoms with Crippen LogP contribution in [-0.2, 0) is 4.79 Å². The van der Waals surface area contributed by atoms with Crippen LogP contribution in [0.2, 0.25) is 0 Å². The summed E-state index contributed by atoms with van der Waals surface area (Å²) in [4.78, 5) is 12.5. The van der Waals surface area contributed by atoms with Crippen molar-refractivity contribution in [2.24, 2.45) is 0 Å². The topological polar surface area (TPSA) is 69.0 Å². The van der Waals surface area contributed by atoms with Gasteiger partial charge in [-0.05, 0) is 57.2 Å². The minimum atomic E-state index is -0.314. The van der Waals surface area contributed by atoms with Crippen molar-refractivity contribution in [3.63, 3.8) is 0 Å². The Labute approximate surface area is 169 Å². The molecule has 146 valence electrons. The van der Waals surface area contributed by atoms with E-state index in [2.05, 4.69) is 33.9 Å². The van der Waals surface area contributed by atoms with E-state index in [1.165, 1.54) is 11.8 Å². The number of carbonyl (C=O) groups excluding carboxylic acids is 1. The standard InChI is InChI=1S/C21H24N4O2S/c1-14(2)25-19(16-10-12-18(27-4)13-11-16)23-24-21(25)28-15(3)20(26)22-17-8-6-5-7-9-17/h5-15H,1-4H3,(H,22,26)/t15-/m1/s1. The Kier molecular flexibility index (Phi) is 6.36. The molecular weight excluding hydrogens is 372 g/mol. The van der Waals surface area contributed by atoms with E-state index in [9.17, 15) is 4.79 Å². The van der Waals surface area contributed by atoms with E-state index in [0.29, 0.717) is 0 Å². The molecule has 28 heavy (non-hydrogen) atoms. The van der Waals surface area contributed by atoms with E-state index in [4.69, 9.17) is 4.74 Å². The fourth-order valence-corrected chi connectivity index (χ4v) is 3.72. The highest BCUT2D eigenvalue weighted by Gasteiger charge is 2.22. The summed E-state index contributed by atoms with van der Waals surface area (Å²) in [6.45, 7) is 6.03. The molecular formula is C21H24N4O2S. The summed E-state index contributed by atoms with van der Waals surface area (Å²) in [5.41, 5.74) is 1.74. The van der Waals surface area contributed by atoms with E-state index in [1.807, 2.05) is 61.5 Å². The lowest BCUT2D eigenvalue weighted by atomic mass is 10.2. The first kappa shape index (κ1) is 19.9. The zero-order valence-electron chi connectivity index (χ0n) is 16.4. The molecule has 0 radical (unpaired) electrons. The lowest BCUT2D eigenvalue weighted by Crippen LogP contribution is -2.23. The Hall–Kier alpha value is -2.80. The minimum Gasteiger partial charge on any atom is -0.497 e. The first-order valence-corrected chi connectivity index (χ1v) is 9.99. The molecule has 0 saturated heterocycles. The first-order valence-electron chi connectivity index (χ1n) is 9.11. The zero-order chi connectivity index (χ0) is 20.1. The number of nitrogens with zero attached hydrogens (tertiary/aromatic N) is 3. The van der Waals surface area contributed by atoms with Crippen LogP contribution in [-0.4, -0.2) is 33.0 Å². The highest BCUT2D eigenvalue weighted by Crippen LogP contribution is 2.31. The highest BCUT2D eigenvalue weighted by molar-refractivity contribution is 8.00. The quantitative estimate of drug-likeness (QED) is 0.589. The monoisotopic (exact) mass is 396 g/mol. The van der Waals surface area contributed by atoms with Gasteiger partial charge in [0.25, 0.3) is 0 Å². The number of carbonyl (C=O) groups is 1. The second kappa shape index (κ2) is 8.93. The highest BCUT2D eigenvalue weighted by atomic mass is 32.2. The van der Waals surface area contributed by atoms with E-state index in [0.717, 1.165) is 28.0 Å². The Balaban J connectivity index is 1.79. The molecule has 0 aliphatic heterocycles. The van der Waals surface area contributed by atoms with Crippen LogP contribution < -0.4 is 10.1 Å². The number of hydrogen-bond acceptors (Lipinski definition) is 5. The number of rotatable bonds is 7. The van der Waals surface area contributed by atoms with Crippen LogP contribution in [0.15, 0.2) is 59.8 Å².